The number of carbonyl (C=O) groups is 2. The highest BCUT2D eigenvalue weighted by Gasteiger charge is 2.17. The monoisotopic (exact) mass is 439 g/mol. The van der Waals surface area contributed by atoms with E-state index in [4.69, 9.17) is 16.3 Å². The summed E-state index contributed by atoms with van der Waals surface area (Å²) in [6, 6.07) is 16.8. The second kappa shape index (κ2) is 9.27. The first-order valence-electron chi connectivity index (χ1n) is 9.09. The van der Waals surface area contributed by atoms with Crippen molar-refractivity contribution in [1.29, 1.82) is 0 Å². The summed E-state index contributed by atoms with van der Waals surface area (Å²) in [6.45, 7) is 0. The zero-order valence-electron chi connectivity index (χ0n) is 16.7. The molecule has 0 atom stereocenters. The fourth-order valence-corrected chi connectivity index (χ4v) is 2.84. The van der Waals surface area contributed by atoms with E-state index in [1.54, 1.807) is 38.4 Å². The Morgan fingerprint density at radius 1 is 0.968 bits per heavy atom. The molecule has 2 amide bonds. The van der Waals surface area contributed by atoms with E-state index in [-0.39, 0.29) is 28.3 Å². The molecule has 0 saturated carbocycles. The number of halogens is 1. The zero-order chi connectivity index (χ0) is 22.5. The van der Waals surface area contributed by atoms with Gasteiger partial charge in [-0.1, -0.05) is 11.6 Å². The molecule has 0 saturated heterocycles. The van der Waals surface area contributed by atoms with Gasteiger partial charge < -0.3 is 15.0 Å². The van der Waals surface area contributed by atoms with Crippen molar-refractivity contribution in [2.75, 3.05) is 19.4 Å². The van der Waals surface area contributed by atoms with Crippen molar-refractivity contribution in [3.8, 4) is 11.5 Å². The number of nitrogens with one attached hydrogen (secondary N) is 1. The highest BCUT2D eigenvalue weighted by molar-refractivity contribution is 6.30. The van der Waals surface area contributed by atoms with Crippen molar-refractivity contribution in [1.82, 2.24) is 4.90 Å². The van der Waals surface area contributed by atoms with Gasteiger partial charge in [0.1, 0.15) is 5.75 Å². The minimum atomic E-state index is -0.583. The minimum Gasteiger partial charge on any atom is -0.450 e. The first-order valence-corrected chi connectivity index (χ1v) is 9.47. The number of rotatable bonds is 6. The molecule has 0 aromatic heterocycles. The normalized spacial score (nSPS) is 10.3. The Bertz CT molecular complexity index is 1130. The second-order valence-corrected chi connectivity index (χ2v) is 7.16. The van der Waals surface area contributed by atoms with Gasteiger partial charge in [-0.25, -0.2) is 0 Å². The van der Waals surface area contributed by atoms with E-state index >= 15 is 0 Å². The summed E-state index contributed by atoms with van der Waals surface area (Å²) in [4.78, 5) is 36.4. The van der Waals surface area contributed by atoms with E-state index in [0.717, 1.165) is 0 Å². The predicted octanol–water partition coefficient (Wildman–Crippen LogP) is 4.99. The van der Waals surface area contributed by atoms with Gasteiger partial charge in [-0.2, -0.15) is 0 Å². The largest absolute Gasteiger partial charge is 0.450 e. The fourth-order valence-electron chi connectivity index (χ4n) is 2.68. The van der Waals surface area contributed by atoms with E-state index in [2.05, 4.69) is 5.32 Å². The number of anilines is 1. The fraction of sp³-hybridized carbons (Fsp3) is 0.0909. The van der Waals surface area contributed by atoms with Crippen LogP contribution in [0, 0.1) is 10.1 Å². The molecular weight excluding hydrogens is 422 g/mol. The van der Waals surface area contributed by atoms with Gasteiger partial charge in [-0.15, -0.1) is 0 Å². The molecule has 0 aliphatic carbocycles. The van der Waals surface area contributed by atoms with Crippen LogP contribution < -0.4 is 10.1 Å². The lowest BCUT2D eigenvalue weighted by atomic mass is 10.1. The molecule has 9 heteroatoms. The van der Waals surface area contributed by atoms with E-state index in [9.17, 15) is 19.7 Å². The van der Waals surface area contributed by atoms with Crippen LogP contribution in [0.2, 0.25) is 5.02 Å². The Hall–Kier alpha value is -3.91. The van der Waals surface area contributed by atoms with Crippen molar-refractivity contribution >= 4 is 34.8 Å². The van der Waals surface area contributed by atoms with Crippen LogP contribution in [0.25, 0.3) is 0 Å². The molecular formula is C22H18ClN3O5. The Kier molecular flexibility index (Phi) is 6.52. The van der Waals surface area contributed by atoms with Crippen molar-refractivity contribution in [2.45, 2.75) is 0 Å². The maximum Gasteiger partial charge on any atom is 0.313 e. The van der Waals surface area contributed by atoms with Gasteiger partial charge in [0, 0.05) is 42.0 Å². The van der Waals surface area contributed by atoms with Gasteiger partial charge in [-0.3, -0.25) is 19.7 Å². The molecule has 31 heavy (non-hydrogen) atoms. The number of nitrogens with zero attached hydrogens (tertiary/aromatic N) is 2. The Labute approximate surface area is 183 Å². The maximum atomic E-state index is 12.5. The maximum absolute atomic E-state index is 12.5. The first-order chi connectivity index (χ1) is 14.7. The van der Waals surface area contributed by atoms with E-state index in [1.165, 1.54) is 47.4 Å². The van der Waals surface area contributed by atoms with Crippen LogP contribution in [0.1, 0.15) is 20.7 Å². The second-order valence-electron chi connectivity index (χ2n) is 6.73. The Morgan fingerprint density at radius 2 is 1.58 bits per heavy atom. The molecule has 0 radical (unpaired) electrons. The van der Waals surface area contributed by atoms with Crippen LogP contribution in [0.4, 0.5) is 11.4 Å². The van der Waals surface area contributed by atoms with E-state index < -0.39 is 4.92 Å². The summed E-state index contributed by atoms with van der Waals surface area (Å²) in [7, 11) is 3.33. The SMILES string of the molecule is CN(C)C(=O)c1ccc(NC(=O)c2ccc(Oc3ccc(Cl)cc3[N+](=O)[O-])cc2)cc1. The van der Waals surface area contributed by atoms with Crippen molar-refractivity contribution in [2.24, 2.45) is 0 Å². The van der Waals surface area contributed by atoms with Gasteiger partial charge in [0.05, 0.1) is 4.92 Å². The number of carbonyl (C=O) groups excluding carboxylic acids is 2. The topological polar surface area (TPSA) is 102 Å². The number of nitro benzene ring substituents is 1. The van der Waals surface area contributed by atoms with E-state index in [0.29, 0.717) is 22.6 Å². The molecule has 8 nitrogen and oxygen atoms in total. The molecule has 0 unspecified atom stereocenters. The smallest absolute Gasteiger partial charge is 0.313 e. The number of benzene rings is 3. The number of hydrogen-bond acceptors (Lipinski definition) is 5. The van der Waals surface area contributed by atoms with Crippen molar-refractivity contribution < 1.29 is 19.2 Å². The molecule has 0 aliphatic heterocycles. The molecule has 0 fully saturated rings. The van der Waals surface area contributed by atoms with Crippen LogP contribution in [-0.2, 0) is 0 Å². The molecule has 0 bridgehead atoms. The zero-order valence-corrected chi connectivity index (χ0v) is 17.4. The minimum absolute atomic E-state index is 0.0407. The summed E-state index contributed by atoms with van der Waals surface area (Å²) < 4.78 is 5.57. The van der Waals surface area contributed by atoms with Crippen molar-refractivity contribution in [3.63, 3.8) is 0 Å². The van der Waals surface area contributed by atoms with Crippen LogP contribution >= 0.6 is 11.6 Å². The standard InChI is InChI=1S/C22H18ClN3O5/c1-25(2)22(28)15-3-8-17(9-4-15)24-21(27)14-5-10-18(11-6-14)31-20-12-7-16(23)13-19(20)26(29)30/h3-13H,1-2H3,(H,24,27). The lowest BCUT2D eigenvalue weighted by Gasteiger charge is -2.11. The van der Waals surface area contributed by atoms with Gasteiger partial charge >= 0.3 is 5.69 Å². The number of hydrogen-bond donors (Lipinski definition) is 1. The van der Waals surface area contributed by atoms with Crippen molar-refractivity contribution in [3.05, 3.63) is 93.0 Å². The summed E-state index contributed by atoms with van der Waals surface area (Å²) in [6.07, 6.45) is 0. The summed E-state index contributed by atoms with van der Waals surface area (Å²) in [5, 5.41) is 14.1. The Morgan fingerprint density at radius 3 is 2.16 bits per heavy atom. The highest BCUT2D eigenvalue weighted by atomic mass is 35.5. The lowest BCUT2D eigenvalue weighted by Crippen LogP contribution is -2.21. The summed E-state index contributed by atoms with van der Waals surface area (Å²) >= 11 is 5.80. The third-order valence-electron chi connectivity index (χ3n) is 4.26. The van der Waals surface area contributed by atoms with Crippen LogP contribution in [0.5, 0.6) is 11.5 Å². The van der Waals surface area contributed by atoms with Crippen LogP contribution in [-0.4, -0.2) is 35.7 Å². The predicted molar refractivity (Wildman–Crippen MR) is 117 cm³/mol. The third kappa shape index (κ3) is 5.37. The molecule has 0 spiro atoms. The van der Waals surface area contributed by atoms with Crippen LogP contribution in [0.15, 0.2) is 66.7 Å². The number of nitro groups is 1. The van der Waals surface area contributed by atoms with Gasteiger partial charge in [-0.05, 0) is 60.7 Å². The van der Waals surface area contributed by atoms with E-state index in [1.807, 2.05) is 0 Å². The first kappa shape index (κ1) is 21.8. The molecule has 3 rings (SSSR count). The molecule has 0 aliphatic rings. The molecule has 1 N–H and O–H groups in total. The molecule has 0 heterocycles. The summed E-state index contributed by atoms with van der Waals surface area (Å²) in [5.41, 5.74) is 1.16. The average Bonchev–Trinajstić information content (AvgIpc) is 2.75. The lowest BCUT2D eigenvalue weighted by molar-refractivity contribution is -0.385. The molecule has 3 aromatic carbocycles. The van der Waals surface area contributed by atoms with Gasteiger partial charge in [0.15, 0.2) is 0 Å². The number of ether oxygens (including phenoxy) is 1. The highest BCUT2D eigenvalue weighted by Crippen LogP contribution is 2.33. The third-order valence-corrected chi connectivity index (χ3v) is 4.49. The molecule has 3 aromatic rings. The van der Waals surface area contributed by atoms with Gasteiger partial charge in [0.2, 0.25) is 5.75 Å². The summed E-state index contributed by atoms with van der Waals surface area (Å²) in [5.74, 6) is -0.113. The van der Waals surface area contributed by atoms with Crippen LogP contribution in [0.3, 0.4) is 0 Å². The van der Waals surface area contributed by atoms with Gasteiger partial charge in [0.25, 0.3) is 11.8 Å². The number of amides is 2. The molecule has 158 valence electrons. The Balaban J connectivity index is 1.68. The average molecular weight is 440 g/mol. The quantitative estimate of drug-likeness (QED) is 0.430.